The van der Waals surface area contributed by atoms with Crippen LogP contribution in [0.2, 0.25) is 0 Å². The second-order valence-electron chi connectivity index (χ2n) is 9.90. The van der Waals surface area contributed by atoms with Crippen LogP contribution in [-0.2, 0) is 9.59 Å². The molecule has 0 aromatic heterocycles. The zero-order valence-corrected chi connectivity index (χ0v) is 22.6. The summed E-state index contributed by atoms with van der Waals surface area (Å²) in [4.78, 5) is 24.9. The zero-order chi connectivity index (χ0) is 25.2. The minimum Gasteiger partial charge on any atom is -0.426 e. The Morgan fingerprint density at radius 1 is 0.647 bits per heavy atom. The normalized spacial score (nSPS) is 12.9. The van der Waals surface area contributed by atoms with Gasteiger partial charge in [-0.15, -0.1) is 0 Å². The maximum atomic E-state index is 12.4. The molecule has 0 amide bonds. The summed E-state index contributed by atoms with van der Waals surface area (Å²) < 4.78 is 11.2. The fourth-order valence-corrected chi connectivity index (χ4v) is 4.49. The summed E-state index contributed by atoms with van der Waals surface area (Å²) in [6.45, 7) is 10.7. The fraction of sp³-hybridized carbons (Fsp3) is 0.733. The van der Waals surface area contributed by atoms with Gasteiger partial charge in [-0.25, -0.2) is 0 Å². The number of benzene rings is 1. The summed E-state index contributed by atoms with van der Waals surface area (Å²) >= 11 is 0. The van der Waals surface area contributed by atoms with Crippen LogP contribution in [0.3, 0.4) is 0 Å². The van der Waals surface area contributed by atoms with Gasteiger partial charge >= 0.3 is 11.9 Å². The molecular formula is C30H50O4. The van der Waals surface area contributed by atoms with Crippen LogP contribution in [0.5, 0.6) is 11.5 Å². The summed E-state index contributed by atoms with van der Waals surface area (Å²) in [5, 5.41) is 0. The minimum absolute atomic E-state index is 0.215. The molecule has 0 radical (unpaired) electrons. The summed E-state index contributed by atoms with van der Waals surface area (Å²) in [7, 11) is 0. The van der Waals surface area contributed by atoms with Crippen LogP contribution in [0, 0.1) is 18.8 Å². The highest BCUT2D eigenvalue weighted by Crippen LogP contribution is 2.26. The van der Waals surface area contributed by atoms with Crippen LogP contribution in [0.15, 0.2) is 18.2 Å². The average molecular weight is 475 g/mol. The summed E-state index contributed by atoms with van der Waals surface area (Å²) in [5.41, 5.74) is 0.904. The number of aryl methyl sites for hydroxylation is 1. The van der Waals surface area contributed by atoms with Gasteiger partial charge in [0, 0.05) is 18.9 Å². The van der Waals surface area contributed by atoms with Crippen molar-refractivity contribution < 1.29 is 19.1 Å². The van der Waals surface area contributed by atoms with Crippen molar-refractivity contribution >= 4 is 11.9 Å². The van der Waals surface area contributed by atoms with E-state index >= 15 is 0 Å². The van der Waals surface area contributed by atoms with E-state index in [-0.39, 0.29) is 11.9 Å². The van der Waals surface area contributed by atoms with Gasteiger partial charge in [-0.2, -0.15) is 0 Å². The van der Waals surface area contributed by atoms with Crippen LogP contribution in [0.25, 0.3) is 0 Å². The maximum absolute atomic E-state index is 12.4. The SMILES string of the molecule is CCCCCCC(CC)CCC(=O)Oc1cc(C)cc(OC(=O)CCC(CC)CCCCC)c1. The first-order chi connectivity index (χ1) is 16.4. The Kier molecular flexibility index (Phi) is 16.4. The zero-order valence-electron chi connectivity index (χ0n) is 22.6. The van der Waals surface area contributed by atoms with Crippen LogP contribution < -0.4 is 9.47 Å². The second kappa shape index (κ2) is 18.5. The number of carbonyl (C=O) groups is 2. The number of esters is 2. The molecule has 1 aromatic carbocycles. The lowest BCUT2D eigenvalue weighted by Gasteiger charge is -2.15. The molecular weight excluding hydrogens is 424 g/mol. The fourth-order valence-electron chi connectivity index (χ4n) is 4.49. The number of unbranched alkanes of at least 4 members (excludes halogenated alkanes) is 5. The van der Waals surface area contributed by atoms with Gasteiger partial charge in [-0.3, -0.25) is 9.59 Å². The topological polar surface area (TPSA) is 52.6 Å². The molecule has 1 aromatic rings. The van der Waals surface area contributed by atoms with E-state index in [1.807, 2.05) is 19.1 Å². The lowest BCUT2D eigenvalue weighted by atomic mass is 9.93. The molecule has 4 nitrogen and oxygen atoms in total. The van der Waals surface area contributed by atoms with Gasteiger partial charge in [0.15, 0.2) is 0 Å². The van der Waals surface area contributed by atoms with Gasteiger partial charge in [0.1, 0.15) is 11.5 Å². The number of hydrogen-bond donors (Lipinski definition) is 0. The first-order valence-corrected chi connectivity index (χ1v) is 13.9. The van der Waals surface area contributed by atoms with Gasteiger partial charge in [0.05, 0.1) is 0 Å². The summed E-state index contributed by atoms with van der Waals surface area (Å²) in [6, 6.07) is 5.29. The molecule has 34 heavy (non-hydrogen) atoms. The Balaban J connectivity index is 2.51. The van der Waals surface area contributed by atoms with Gasteiger partial charge < -0.3 is 9.47 Å². The first-order valence-electron chi connectivity index (χ1n) is 13.9. The largest absolute Gasteiger partial charge is 0.426 e. The second-order valence-corrected chi connectivity index (χ2v) is 9.90. The van der Waals surface area contributed by atoms with Crippen molar-refractivity contribution in [2.45, 2.75) is 131 Å². The monoisotopic (exact) mass is 474 g/mol. The molecule has 0 aliphatic carbocycles. The molecule has 0 bridgehead atoms. The van der Waals surface area contributed by atoms with Crippen molar-refractivity contribution in [3.8, 4) is 11.5 Å². The van der Waals surface area contributed by atoms with E-state index in [1.165, 1.54) is 57.8 Å². The van der Waals surface area contributed by atoms with Crippen LogP contribution in [0.4, 0.5) is 0 Å². The smallest absolute Gasteiger partial charge is 0.311 e. The Morgan fingerprint density at radius 3 is 1.53 bits per heavy atom. The molecule has 0 heterocycles. The Hall–Kier alpha value is -1.84. The van der Waals surface area contributed by atoms with Gasteiger partial charge in [-0.1, -0.05) is 98.3 Å². The van der Waals surface area contributed by atoms with Crippen molar-refractivity contribution in [1.29, 1.82) is 0 Å². The third-order valence-electron chi connectivity index (χ3n) is 6.84. The third kappa shape index (κ3) is 13.8. The molecule has 194 valence electrons. The predicted octanol–water partition coefficient (Wildman–Crippen LogP) is 8.97. The quantitative estimate of drug-likeness (QED) is 0.114. The third-order valence-corrected chi connectivity index (χ3v) is 6.84. The summed E-state index contributed by atoms with van der Waals surface area (Å²) in [5.74, 6) is 1.63. The Morgan fingerprint density at radius 2 is 1.09 bits per heavy atom. The molecule has 0 aliphatic heterocycles. The number of ether oxygens (including phenoxy) is 2. The highest BCUT2D eigenvalue weighted by Gasteiger charge is 2.14. The Bertz CT molecular complexity index is 697. The van der Waals surface area contributed by atoms with E-state index in [4.69, 9.17) is 9.47 Å². The lowest BCUT2D eigenvalue weighted by molar-refractivity contribution is -0.135. The molecule has 0 spiro atoms. The van der Waals surface area contributed by atoms with Crippen molar-refractivity contribution in [2.75, 3.05) is 0 Å². The van der Waals surface area contributed by atoms with Crippen molar-refractivity contribution in [3.63, 3.8) is 0 Å². The van der Waals surface area contributed by atoms with E-state index in [9.17, 15) is 9.59 Å². The van der Waals surface area contributed by atoms with E-state index in [1.54, 1.807) is 6.07 Å². The van der Waals surface area contributed by atoms with E-state index in [2.05, 4.69) is 27.7 Å². The highest BCUT2D eigenvalue weighted by molar-refractivity contribution is 5.74. The average Bonchev–Trinajstić information content (AvgIpc) is 2.80. The highest BCUT2D eigenvalue weighted by atomic mass is 16.5. The first kappa shape index (κ1) is 30.2. The van der Waals surface area contributed by atoms with Crippen molar-refractivity contribution in [3.05, 3.63) is 23.8 Å². The standard InChI is InChI=1S/C30H50O4/c1-6-10-12-14-16-26(9-4)18-20-30(32)34-28-22-24(5)21-27(23-28)33-29(31)19-17-25(8-3)15-13-11-7-2/h21-23,25-26H,6-20H2,1-5H3. The summed E-state index contributed by atoms with van der Waals surface area (Å²) in [6.07, 6.45) is 15.9. The van der Waals surface area contributed by atoms with Crippen LogP contribution in [-0.4, -0.2) is 11.9 Å². The molecule has 1 rings (SSSR count). The molecule has 0 saturated heterocycles. The molecule has 0 N–H and O–H groups in total. The predicted molar refractivity (Wildman–Crippen MR) is 141 cm³/mol. The lowest BCUT2D eigenvalue weighted by Crippen LogP contribution is -2.12. The molecule has 4 heteroatoms. The molecule has 0 fully saturated rings. The minimum atomic E-state index is -0.217. The molecule has 0 aliphatic rings. The molecule has 0 saturated carbocycles. The molecule has 2 atom stereocenters. The van der Waals surface area contributed by atoms with E-state index in [0.717, 1.165) is 31.2 Å². The van der Waals surface area contributed by atoms with Crippen molar-refractivity contribution in [2.24, 2.45) is 11.8 Å². The number of rotatable bonds is 19. The maximum Gasteiger partial charge on any atom is 0.311 e. The van der Waals surface area contributed by atoms with E-state index < -0.39 is 0 Å². The van der Waals surface area contributed by atoms with Gasteiger partial charge in [0.2, 0.25) is 0 Å². The van der Waals surface area contributed by atoms with Crippen molar-refractivity contribution in [1.82, 2.24) is 0 Å². The van der Waals surface area contributed by atoms with Crippen LogP contribution in [0.1, 0.15) is 130 Å². The Labute approximate surface area is 209 Å². The number of hydrogen-bond acceptors (Lipinski definition) is 4. The molecule has 2 unspecified atom stereocenters. The van der Waals surface area contributed by atoms with Gasteiger partial charge in [-0.05, 0) is 49.3 Å². The van der Waals surface area contributed by atoms with E-state index in [0.29, 0.717) is 36.2 Å². The van der Waals surface area contributed by atoms with Gasteiger partial charge in [0.25, 0.3) is 0 Å². The van der Waals surface area contributed by atoms with Crippen LogP contribution >= 0.6 is 0 Å². The number of carbonyl (C=O) groups excluding carboxylic acids is 2.